The normalized spacial score (nSPS) is 18.0. The molecule has 0 radical (unpaired) electrons. The average Bonchev–Trinajstić information content (AvgIpc) is 3.76. The van der Waals surface area contributed by atoms with Crippen molar-refractivity contribution >= 4 is 17.6 Å². The van der Waals surface area contributed by atoms with E-state index in [1.165, 1.54) is 0 Å². The molecule has 12 nitrogen and oxygen atoms in total. The lowest BCUT2D eigenvalue weighted by atomic mass is 9.94. The lowest BCUT2D eigenvalue weighted by Gasteiger charge is -2.36. The van der Waals surface area contributed by atoms with Crippen molar-refractivity contribution < 1.29 is 28.4 Å². The van der Waals surface area contributed by atoms with Gasteiger partial charge in [0.25, 0.3) is 5.91 Å². The smallest absolute Gasteiger partial charge is 0.271 e. The quantitative estimate of drug-likeness (QED) is 0.165. The number of nitrogens with one attached hydrogen (secondary N) is 1. The second-order valence-electron chi connectivity index (χ2n) is 13.5. The molecule has 268 valence electrons. The highest BCUT2D eigenvalue weighted by molar-refractivity contribution is 5.97. The number of nitrogens with zero attached hydrogens (tertiary/aromatic N) is 3. The average molecular weight is 695 g/mol. The Morgan fingerprint density at radius 3 is 2.12 bits per heavy atom. The zero-order valence-corrected chi connectivity index (χ0v) is 29.4. The molecule has 1 unspecified atom stereocenters. The number of primary amides is 2. The molecule has 1 saturated heterocycles. The summed E-state index contributed by atoms with van der Waals surface area (Å²) in [5, 5.41) is 4.02. The number of carbonyl (C=O) groups excluding carboxylic acids is 2. The molecule has 1 atom stereocenters. The Morgan fingerprint density at radius 2 is 1.53 bits per heavy atom. The molecule has 0 saturated carbocycles. The molecule has 4 aromatic rings. The maximum absolute atomic E-state index is 12.9. The van der Waals surface area contributed by atoms with Crippen LogP contribution in [0.2, 0.25) is 0 Å². The second-order valence-corrected chi connectivity index (χ2v) is 13.5. The van der Waals surface area contributed by atoms with Crippen molar-refractivity contribution in [3.05, 3.63) is 118 Å². The molecule has 3 heterocycles. The molecule has 0 bridgehead atoms. The third-order valence-corrected chi connectivity index (χ3v) is 9.38. The second kappa shape index (κ2) is 15.8. The molecule has 2 aliphatic rings. The van der Waals surface area contributed by atoms with Gasteiger partial charge in [0.2, 0.25) is 5.91 Å². The molecule has 1 aromatic heterocycles. The van der Waals surface area contributed by atoms with Crippen LogP contribution in [0.25, 0.3) is 5.76 Å². The van der Waals surface area contributed by atoms with Crippen molar-refractivity contribution in [3.63, 3.8) is 0 Å². The number of hydroxylamine groups is 1. The summed E-state index contributed by atoms with van der Waals surface area (Å²) in [5.74, 6) is 0.768. The minimum atomic E-state index is -1.32. The van der Waals surface area contributed by atoms with Crippen LogP contribution in [0.15, 0.2) is 83.4 Å². The van der Waals surface area contributed by atoms with Crippen LogP contribution >= 0.6 is 0 Å². The first-order valence-corrected chi connectivity index (χ1v) is 17.3. The third kappa shape index (κ3) is 8.42. The summed E-state index contributed by atoms with van der Waals surface area (Å²) in [6, 6.07) is 24.0. The Kier molecular flexibility index (Phi) is 11.0. The fourth-order valence-electron chi connectivity index (χ4n) is 6.35. The molecule has 2 aliphatic heterocycles. The van der Waals surface area contributed by atoms with Crippen LogP contribution in [-0.4, -0.2) is 72.1 Å². The van der Waals surface area contributed by atoms with Gasteiger partial charge in [0.15, 0.2) is 17.0 Å². The molecule has 5 N–H and O–H groups in total. The molecule has 12 heteroatoms. The van der Waals surface area contributed by atoms with E-state index in [0.29, 0.717) is 44.1 Å². The molecular formula is C39H46N6O6. The van der Waals surface area contributed by atoms with E-state index in [0.717, 1.165) is 54.2 Å². The van der Waals surface area contributed by atoms with E-state index in [4.69, 9.17) is 30.3 Å². The summed E-state index contributed by atoms with van der Waals surface area (Å²) < 4.78 is 18.6. The molecule has 6 rings (SSSR count). The van der Waals surface area contributed by atoms with E-state index in [2.05, 4.69) is 47.4 Å². The summed E-state index contributed by atoms with van der Waals surface area (Å²) in [6.45, 7) is 8.59. The van der Waals surface area contributed by atoms with Gasteiger partial charge < -0.3 is 35.2 Å². The van der Waals surface area contributed by atoms with Gasteiger partial charge in [-0.25, -0.2) is 0 Å². The van der Waals surface area contributed by atoms with E-state index in [9.17, 15) is 9.59 Å². The Morgan fingerprint density at radius 1 is 0.902 bits per heavy atom. The number of likely N-dealkylation sites (N-methyl/N-ethyl adjacent to an activating group) is 1. The summed E-state index contributed by atoms with van der Waals surface area (Å²) in [4.78, 5) is 35.7. The highest BCUT2D eigenvalue weighted by Crippen LogP contribution is 2.37. The van der Waals surface area contributed by atoms with Gasteiger partial charge in [-0.05, 0) is 53.8 Å². The Labute approximate surface area is 298 Å². The fraction of sp³-hybridized carbons (Fsp3) is 0.359. The summed E-state index contributed by atoms with van der Waals surface area (Å²) >= 11 is 0. The predicted molar refractivity (Wildman–Crippen MR) is 193 cm³/mol. The number of nitrogens with two attached hydrogens (primary N) is 2. The maximum Gasteiger partial charge on any atom is 0.271 e. The predicted octanol–water partition coefficient (Wildman–Crippen LogP) is 4.19. The highest BCUT2D eigenvalue weighted by Gasteiger charge is 2.44. The van der Waals surface area contributed by atoms with Crippen molar-refractivity contribution in [1.29, 1.82) is 0 Å². The van der Waals surface area contributed by atoms with Crippen LogP contribution in [0.4, 0.5) is 0 Å². The van der Waals surface area contributed by atoms with Crippen LogP contribution in [0.3, 0.4) is 0 Å². The Balaban J connectivity index is 1.30. The molecule has 51 heavy (non-hydrogen) atoms. The summed E-state index contributed by atoms with van der Waals surface area (Å²) in [7, 11) is 2.06. The minimum absolute atomic E-state index is 0.0917. The standard InChI is InChI=1S/C39H46N6O6/c1-26(2)30-20-29(32(48-23-27-10-6-4-7-11-27)21-33(30)49-24-28-12-8-5-9-13-28)14-15-31-35(36(37(40)46)42-50-31)34-22-39(38(41)47,43-51-34)25-45-18-16-44(3)17-19-45/h4-13,20-22,26,43H,14-19,23-25H2,1-3H3,(H2,40,46)(H2,41,47). The molecule has 1 fully saturated rings. The minimum Gasteiger partial charge on any atom is -0.488 e. The number of benzene rings is 3. The molecular weight excluding hydrogens is 648 g/mol. The van der Waals surface area contributed by atoms with Gasteiger partial charge in [0, 0.05) is 45.2 Å². The van der Waals surface area contributed by atoms with E-state index >= 15 is 0 Å². The van der Waals surface area contributed by atoms with Gasteiger partial charge in [0.05, 0.1) is 5.56 Å². The van der Waals surface area contributed by atoms with Crippen LogP contribution in [-0.2, 0) is 35.7 Å². The Bertz CT molecular complexity index is 1850. The summed E-state index contributed by atoms with van der Waals surface area (Å²) in [6.07, 6.45) is 2.40. The maximum atomic E-state index is 12.9. The van der Waals surface area contributed by atoms with Crippen molar-refractivity contribution in [2.45, 2.75) is 51.4 Å². The number of carbonyl (C=O) groups is 2. The number of rotatable bonds is 15. The lowest BCUT2D eigenvalue weighted by Crippen LogP contribution is -2.60. The van der Waals surface area contributed by atoms with E-state index in [-0.39, 0.29) is 22.9 Å². The number of hydrogen-bond donors (Lipinski definition) is 3. The zero-order chi connectivity index (χ0) is 36.0. The van der Waals surface area contributed by atoms with Gasteiger partial charge in [-0.3, -0.25) is 14.5 Å². The first-order chi connectivity index (χ1) is 24.6. The van der Waals surface area contributed by atoms with E-state index < -0.39 is 17.4 Å². The number of amides is 2. The summed E-state index contributed by atoms with van der Waals surface area (Å²) in [5.41, 5.74) is 17.4. The van der Waals surface area contributed by atoms with Crippen LogP contribution in [0, 0.1) is 0 Å². The number of piperazine rings is 1. The molecule has 3 aromatic carbocycles. The molecule has 0 spiro atoms. The fourth-order valence-corrected chi connectivity index (χ4v) is 6.35. The van der Waals surface area contributed by atoms with Gasteiger partial charge in [0.1, 0.15) is 30.5 Å². The van der Waals surface area contributed by atoms with Crippen LogP contribution in [0.1, 0.15) is 63.8 Å². The van der Waals surface area contributed by atoms with Gasteiger partial charge in [-0.15, -0.1) is 5.48 Å². The van der Waals surface area contributed by atoms with Gasteiger partial charge in [-0.1, -0.05) is 79.7 Å². The number of hydrogen-bond acceptors (Lipinski definition) is 10. The largest absolute Gasteiger partial charge is 0.488 e. The van der Waals surface area contributed by atoms with E-state index in [1.54, 1.807) is 6.08 Å². The first-order valence-electron chi connectivity index (χ1n) is 17.3. The lowest BCUT2D eigenvalue weighted by molar-refractivity contribution is -0.126. The van der Waals surface area contributed by atoms with Crippen molar-refractivity contribution in [3.8, 4) is 11.5 Å². The number of aryl methyl sites for hydroxylation is 2. The van der Waals surface area contributed by atoms with Crippen LogP contribution < -0.4 is 26.4 Å². The Hall–Kier alpha value is -5.17. The molecule has 2 amide bonds. The first kappa shape index (κ1) is 35.6. The van der Waals surface area contributed by atoms with Crippen molar-refractivity contribution in [2.24, 2.45) is 11.5 Å². The van der Waals surface area contributed by atoms with Crippen molar-refractivity contribution in [1.82, 2.24) is 20.4 Å². The SMILES string of the molecule is CC(C)c1cc(CCc2onc(C(N)=O)c2C2=CC(CN3CCN(C)CC3)(C(N)=O)NO2)c(OCc2ccccc2)cc1OCc1ccccc1. The van der Waals surface area contributed by atoms with Gasteiger partial charge in [-0.2, -0.15) is 0 Å². The van der Waals surface area contributed by atoms with Gasteiger partial charge >= 0.3 is 0 Å². The number of ether oxygens (including phenoxy) is 2. The zero-order valence-electron chi connectivity index (χ0n) is 29.4. The van der Waals surface area contributed by atoms with Crippen LogP contribution in [0.5, 0.6) is 11.5 Å². The molecule has 0 aliphatic carbocycles. The number of aromatic nitrogens is 1. The monoisotopic (exact) mass is 694 g/mol. The van der Waals surface area contributed by atoms with E-state index in [1.807, 2.05) is 66.7 Å². The van der Waals surface area contributed by atoms with Crippen molar-refractivity contribution in [2.75, 3.05) is 39.8 Å². The topological polar surface area (TPSA) is 158 Å². The highest BCUT2D eigenvalue weighted by atomic mass is 16.7. The third-order valence-electron chi connectivity index (χ3n) is 9.38.